The zero-order chi connectivity index (χ0) is 25.0. The van der Waals surface area contributed by atoms with E-state index < -0.39 is 21.4 Å². The Morgan fingerprint density at radius 1 is 1.09 bits per heavy atom. The number of amides is 1. The summed E-state index contributed by atoms with van der Waals surface area (Å²) in [5.74, 6) is -0.432. The van der Waals surface area contributed by atoms with E-state index in [1.165, 1.54) is 16.4 Å². The van der Waals surface area contributed by atoms with Crippen LogP contribution in [0.3, 0.4) is 0 Å². The predicted molar refractivity (Wildman–Crippen MR) is 134 cm³/mol. The Balaban J connectivity index is 1.52. The van der Waals surface area contributed by atoms with Crippen molar-refractivity contribution in [3.63, 3.8) is 0 Å². The molecule has 0 bridgehead atoms. The van der Waals surface area contributed by atoms with Gasteiger partial charge >= 0.3 is 0 Å². The molecule has 0 aliphatic carbocycles. The first-order valence-electron chi connectivity index (χ1n) is 12.3. The van der Waals surface area contributed by atoms with Crippen LogP contribution in [0.25, 0.3) is 10.9 Å². The number of likely N-dealkylation sites (N-methyl/N-ethyl adjacent to an activating group) is 1. The van der Waals surface area contributed by atoms with Crippen molar-refractivity contribution in [2.24, 2.45) is 0 Å². The first-order valence-corrected chi connectivity index (χ1v) is 13.7. The van der Waals surface area contributed by atoms with Crippen LogP contribution in [0.5, 0.6) is 0 Å². The number of carbonyl (C=O) groups is 1. The van der Waals surface area contributed by atoms with Crippen molar-refractivity contribution >= 4 is 26.8 Å². The topological polar surface area (TPSA) is 104 Å². The smallest absolute Gasteiger partial charge is 0.256 e. The van der Waals surface area contributed by atoms with Gasteiger partial charge in [-0.25, -0.2) is 8.42 Å². The van der Waals surface area contributed by atoms with Gasteiger partial charge < -0.3 is 24.4 Å². The maximum absolute atomic E-state index is 13.3. The van der Waals surface area contributed by atoms with Crippen molar-refractivity contribution < 1.29 is 17.9 Å². The number of pyridine rings is 1. The molecule has 10 nitrogen and oxygen atoms in total. The first kappa shape index (κ1) is 25.8. The molecule has 2 aliphatic rings. The van der Waals surface area contributed by atoms with Crippen LogP contribution in [0.15, 0.2) is 34.1 Å². The lowest BCUT2D eigenvalue weighted by Crippen LogP contribution is -2.45. The average Bonchev–Trinajstić information content (AvgIpc) is 2.88. The van der Waals surface area contributed by atoms with Crippen LogP contribution >= 0.6 is 0 Å². The summed E-state index contributed by atoms with van der Waals surface area (Å²) in [5.41, 5.74) is 0.171. The molecule has 35 heavy (non-hydrogen) atoms. The highest BCUT2D eigenvalue weighted by Crippen LogP contribution is 2.22. The predicted octanol–water partition coefficient (Wildman–Crippen LogP) is 0.410. The second-order valence-corrected chi connectivity index (χ2v) is 11.0. The van der Waals surface area contributed by atoms with Gasteiger partial charge in [-0.2, -0.15) is 4.31 Å². The molecule has 11 heteroatoms. The zero-order valence-electron chi connectivity index (χ0n) is 20.5. The van der Waals surface area contributed by atoms with Gasteiger partial charge in [-0.15, -0.1) is 0 Å². The summed E-state index contributed by atoms with van der Waals surface area (Å²) in [6.07, 6.45) is 2.36. The molecule has 1 amide bonds. The summed E-state index contributed by atoms with van der Waals surface area (Å²) in [6.45, 7) is 9.18. The third-order valence-electron chi connectivity index (χ3n) is 6.78. The number of morpholine rings is 1. The van der Waals surface area contributed by atoms with Crippen LogP contribution in [-0.2, 0) is 21.3 Å². The third-order valence-corrected chi connectivity index (χ3v) is 8.67. The minimum atomic E-state index is -3.76. The number of ether oxygens (including phenoxy) is 1. The number of fused-ring (bicyclic) bond motifs is 1. The standard InChI is InChI=1S/C24H35N5O5S/c1-3-28-18-21(24(31)25-7-4-8-27-11-9-26(2)10-12-27)23(30)20-17-19(5-6-22(20)28)35(32,33)29-13-15-34-16-14-29/h5-6,17-18H,3-4,7-16H2,1-2H3,(H,25,31). The first-order chi connectivity index (χ1) is 16.8. The lowest BCUT2D eigenvalue weighted by atomic mass is 10.1. The van der Waals surface area contributed by atoms with Crippen LogP contribution < -0.4 is 10.7 Å². The van der Waals surface area contributed by atoms with E-state index in [4.69, 9.17) is 4.74 Å². The number of rotatable bonds is 8. The molecule has 2 aromatic rings. The number of nitrogens with one attached hydrogen (secondary N) is 1. The van der Waals surface area contributed by atoms with E-state index >= 15 is 0 Å². The number of benzene rings is 1. The fraction of sp³-hybridized carbons (Fsp3) is 0.583. The Morgan fingerprint density at radius 3 is 2.49 bits per heavy atom. The summed E-state index contributed by atoms with van der Waals surface area (Å²) in [6, 6.07) is 4.57. The lowest BCUT2D eigenvalue weighted by molar-refractivity contribution is 0.0730. The van der Waals surface area contributed by atoms with Gasteiger partial charge in [0.05, 0.1) is 23.6 Å². The number of hydrogen-bond donors (Lipinski definition) is 1. The van der Waals surface area contributed by atoms with Gasteiger partial charge in [0, 0.05) is 63.9 Å². The van der Waals surface area contributed by atoms with Gasteiger partial charge in [0.1, 0.15) is 5.56 Å². The molecule has 2 fully saturated rings. The summed E-state index contributed by atoms with van der Waals surface area (Å²) < 4.78 is 34.7. The van der Waals surface area contributed by atoms with E-state index in [1.807, 2.05) is 6.92 Å². The molecule has 2 saturated heterocycles. The van der Waals surface area contributed by atoms with E-state index in [1.54, 1.807) is 16.8 Å². The molecular formula is C24H35N5O5S. The molecule has 2 aliphatic heterocycles. The summed E-state index contributed by atoms with van der Waals surface area (Å²) in [4.78, 5) is 30.9. The van der Waals surface area contributed by atoms with Crippen LogP contribution in [0.1, 0.15) is 23.7 Å². The molecule has 1 N–H and O–H groups in total. The van der Waals surface area contributed by atoms with Gasteiger partial charge in [0.2, 0.25) is 15.5 Å². The van der Waals surface area contributed by atoms with E-state index in [9.17, 15) is 18.0 Å². The van der Waals surface area contributed by atoms with E-state index in [0.717, 1.165) is 39.1 Å². The van der Waals surface area contributed by atoms with Crippen LogP contribution in [0.2, 0.25) is 0 Å². The van der Waals surface area contributed by atoms with Gasteiger partial charge in [-0.1, -0.05) is 0 Å². The number of hydrogen-bond acceptors (Lipinski definition) is 7. The molecule has 0 unspecified atom stereocenters. The van der Waals surface area contributed by atoms with Crippen LogP contribution in [0, 0.1) is 0 Å². The molecule has 0 atom stereocenters. The Hall–Kier alpha value is -2.31. The van der Waals surface area contributed by atoms with Gasteiger partial charge in [-0.05, 0) is 45.1 Å². The normalized spacial score (nSPS) is 18.7. The van der Waals surface area contributed by atoms with Crippen molar-refractivity contribution in [3.05, 3.63) is 40.2 Å². The number of sulfonamides is 1. The maximum atomic E-state index is 13.3. The highest BCUT2D eigenvalue weighted by Gasteiger charge is 2.27. The van der Waals surface area contributed by atoms with Gasteiger partial charge in [0.25, 0.3) is 5.91 Å². The number of aryl methyl sites for hydroxylation is 1. The Morgan fingerprint density at radius 2 is 1.80 bits per heavy atom. The largest absolute Gasteiger partial charge is 0.379 e. The Labute approximate surface area is 206 Å². The van der Waals surface area contributed by atoms with E-state index in [0.29, 0.717) is 31.8 Å². The molecule has 3 heterocycles. The zero-order valence-corrected chi connectivity index (χ0v) is 21.3. The fourth-order valence-corrected chi connectivity index (χ4v) is 6.00. The molecule has 192 valence electrons. The number of carbonyl (C=O) groups excluding carboxylic acids is 1. The number of nitrogens with zero attached hydrogens (tertiary/aromatic N) is 4. The van der Waals surface area contributed by atoms with Crippen molar-refractivity contribution in [1.29, 1.82) is 0 Å². The summed E-state index contributed by atoms with van der Waals surface area (Å²) >= 11 is 0. The highest BCUT2D eigenvalue weighted by molar-refractivity contribution is 7.89. The minimum absolute atomic E-state index is 0.0277. The monoisotopic (exact) mass is 505 g/mol. The Kier molecular flexibility index (Phi) is 8.23. The van der Waals surface area contributed by atoms with Crippen molar-refractivity contribution in [3.8, 4) is 0 Å². The second-order valence-electron chi connectivity index (χ2n) is 9.11. The van der Waals surface area contributed by atoms with Gasteiger partial charge in [0.15, 0.2) is 0 Å². The highest BCUT2D eigenvalue weighted by atomic mass is 32.2. The average molecular weight is 506 g/mol. The van der Waals surface area contributed by atoms with Crippen molar-refractivity contribution in [2.45, 2.75) is 24.8 Å². The molecule has 0 saturated carbocycles. The third kappa shape index (κ3) is 5.75. The second kappa shape index (κ2) is 11.2. The van der Waals surface area contributed by atoms with Crippen LogP contribution in [-0.4, -0.2) is 106 Å². The van der Waals surface area contributed by atoms with E-state index in [2.05, 4.69) is 22.2 Å². The molecule has 4 rings (SSSR count). The van der Waals surface area contributed by atoms with Gasteiger partial charge in [-0.3, -0.25) is 9.59 Å². The molecule has 1 aromatic heterocycles. The quantitative estimate of drug-likeness (QED) is 0.518. The molecule has 0 radical (unpaired) electrons. The minimum Gasteiger partial charge on any atom is -0.379 e. The van der Waals surface area contributed by atoms with Crippen molar-refractivity contribution in [2.75, 3.05) is 72.6 Å². The van der Waals surface area contributed by atoms with Crippen molar-refractivity contribution in [1.82, 2.24) is 24.0 Å². The molecule has 1 aromatic carbocycles. The molecular weight excluding hydrogens is 470 g/mol. The summed E-state index contributed by atoms with van der Waals surface area (Å²) in [5, 5.41) is 3.10. The number of aromatic nitrogens is 1. The maximum Gasteiger partial charge on any atom is 0.256 e. The van der Waals surface area contributed by atoms with E-state index in [-0.39, 0.29) is 28.9 Å². The number of piperazine rings is 1. The molecule has 0 spiro atoms. The van der Waals surface area contributed by atoms with Crippen LogP contribution in [0.4, 0.5) is 0 Å². The fourth-order valence-electron chi connectivity index (χ4n) is 4.57. The SMILES string of the molecule is CCn1cc(C(=O)NCCCN2CCN(C)CC2)c(=O)c2cc(S(=O)(=O)N3CCOCC3)ccc21. The summed E-state index contributed by atoms with van der Waals surface area (Å²) in [7, 11) is -1.64. The Bertz CT molecular complexity index is 1210. The lowest BCUT2D eigenvalue weighted by Gasteiger charge is -2.32.